The molecule has 1 aliphatic rings. The highest BCUT2D eigenvalue weighted by atomic mass is 32.1. The van der Waals surface area contributed by atoms with Gasteiger partial charge in [-0.15, -0.1) is 11.3 Å². The van der Waals surface area contributed by atoms with Crippen LogP contribution in [0, 0.1) is 0 Å². The predicted octanol–water partition coefficient (Wildman–Crippen LogP) is 2.03. The lowest BCUT2D eigenvalue weighted by molar-refractivity contribution is 0.411. The van der Waals surface area contributed by atoms with Crippen molar-refractivity contribution in [3.8, 4) is 0 Å². The van der Waals surface area contributed by atoms with Gasteiger partial charge >= 0.3 is 0 Å². The Labute approximate surface area is 94.8 Å². The van der Waals surface area contributed by atoms with Gasteiger partial charge < -0.3 is 4.90 Å². The van der Waals surface area contributed by atoms with Crippen molar-refractivity contribution in [1.82, 2.24) is 9.88 Å². The Kier molecular flexibility index (Phi) is 3.47. The van der Waals surface area contributed by atoms with Crippen LogP contribution in [0.5, 0.6) is 0 Å². The molecule has 0 aromatic carbocycles. The SMILES string of the molecule is CN1CCC(c2nc(CCS)cs2)C1. The molecule has 1 fully saturated rings. The molecule has 1 aliphatic heterocycles. The summed E-state index contributed by atoms with van der Waals surface area (Å²) < 4.78 is 0. The average molecular weight is 228 g/mol. The number of likely N-dealkylation sites (tertiary alicyclic amines) is 1. The molecule has 0 amide bonds. The minimum atomic E-state index is 0.679. The third kappa shape index (κ3) is 2.30. The number of hydrogen-bond acceptors (Lipinski definition) is 4. The molecule has 78 valence electrons. The molecular weight excluding hydrogens is 212 g/mol. The van der Waals surface area contributed by atoms with E-state index in [1.807, 2.05) is 11.3 Å². The maximum Gasteiger partial charge on any atom is 0.0972 e. The first-order chi connectivity index (χ1) is 6.79. The van der Waals surface area contributed by atoms with E-state index in [1.165, 1.54) is 30.2 Å². The van der Waals surface area contributed by atoms with Crippen molar-refractivity contribution in [2.75, 3.05) is 25.9 Å². The fourth-order valence-electron chi connectivity index (χ4n) is 1.88. The number of likely N-dealkylation sites (N-methyl/N-ethyl adjacent to an activating group) is 1. The number of hydrogen-bond donors (Lipinski definition) is 1. The minimum Gasteiger partial charge on any atom is -0.306 e. The van der Waals surface area contributed by atoms with E-state index in [9.17, 15) is 0 Å². The molecule has 0 spiro atoms. The van der Waals surface area contributed by atoms with Crippen molar-refractivity contribution in [2.24, 2.45) is 0 Å². The van der Waals surface area contributed by atoms with E-state index in [2.05, 4.69) is 34.9 Å². The smallest absolute Gasteiger partial charge is 0.0972 e. The van der Waals surface area contributed by atoms with Gasteiger partial charge in [0.25, 0.3) is 0 Å². The molecule has 0 bridgehead atoms. The van der Waals surface area contributed by atoms with Gasteiger partial charge in [0.1, 0.15) is 0 Å². The fraction of sp³-hybridized carbons (Fsp3) is 0.700. The summed E-state index contributed by atoms with van der Waals surface area (Å²) in [6, 6.07) is 0. The summed E-state index contributed by atoms with van der Waals surface area (Å²) in [7, 11) is 2.18. The van der Waals surface area contributed by atoms with E-state index in [0.717, 1.165) is 12.2 Å². The molecule has 14 heavy (non-hydrogen) atoms. The Bertz CT molecular complexity index is 298. The number of aromatic nitrogens is 1. The van der Waals surface area contributed by atoms with Gasteiger partial charge in [0.2, 0.25) is 0 Å². The van der Waals surface area contributed by atoms with Gasteiger partial charge in [-0.05, 0) is 32.2 Å². The van der Waals surface area contributed by atoms with E-state index < -0.39 is 0 Å². The van der Waals surface area contributed by atoms with E-state index in [-0.39, 0.29) is 0 Å². The Morgan fingerprint density at radius 1 is 1.71 bits per heavy atom. The summed E-state index contributed by atoms with van der Waals surface area (Å²) in [6.07, 6.45) is 2.27. The lowest BCUT2D eigenvalue weighted by Crippen LogP contribution is -2.13. The van der Waals surface area contributed by atoms with Gasteiger partial charge in [0.05, 0.1) is 10.7 Å². The van der Waals surface area contributed by atoms with Gasteiger partial charge in [-0.2, -0.15) is 12.6 Å². The molecule has 2 heterocycles. The molecule has 2 rings (SSSR count). The van der Waals surface area contributed by atoms with Crippen LogP contribution < -0.4 is 0 Å². The summed E-state index contributed by atoms with van der Waals surface area (Å²) in [4.78, 5) is 7.04. The average Bonchev–Trinajstić information content (AvgIpc) is 2.74. The molecule has 1 aromatic rings. The number of thiol groups is 1. The zero-order valence-corrected chi connectivity index (χ0v) is 10.2. The molecule has 1 atom stereocenters. The Morgan fingerprint density at radius 3 is 3.21 bits per heavy atom. The van der Waals surface area contributed by atoms with Crippen LogP contribution in [0.15, 0.2) is 5.38 Å². The Morgan fingerprint density at radius 2 is 2.57 bits per heavy atom. The van der Waals surface area contributed by atoms with Crippen LogP contribution in [0.1, 0.15) is 23.0 Å². The van der Waals surface area contributed by atoms with Crippen molar-refractivity contribution < 1.29 is 0 Å². The second kappa shape index (κ2) is 4.64. The highest BCUT2D eigenvalue weighted by molar-refractivity contribution is 7.80. The van der Waals surface area contributed by atoms with Gasteiger partial charge in [0, 0.05) is 17.8 Å². The first-order valence-electron chi connectivity index (χ1n) is 5.03. The van der Waals surface area contributed by atoms with Gasteiger partial charge in [-0.1, -0.05) is 0 Å². The maximum atomic E-state index is 4.66. The minimum absolute atomic E-state index is 0.679. The molecule has 0 radical (unpaired) electrons. The van der Waals surface area contributed by atoms with Crippen LogP contribution in [0.3, 0.4) is 0 Å². The molecule has 1 aromatic heterocycles. The summed E-state index contributed by atoms with van der Waals surface area (Å²) in [5.74, 6) is 1.58. The Balaban J connectivity index is 2.02. The molecular formula is C10H16N2S2. The molecule has 1 saturated heterocycles. The largest absolute Gasteiger partial charge is 0.306 e. The van der Waals surface area contributed by atoms with Crippen molar-refractivity contribution >= 4 is 24.0 Å². The highest BCUT2D eigenvalue weighted by Crippen LogP contribution is 2.28. The third-order valence-electron chi connectivity index (χ3n) is 2.68. The highest BCUT2D eigenvalue weighted by Gasteiger charge is 2.23. The number of thiazole rings is 1. The molecule has 1 unspecified atom stereocenters. The number of nitrogens with zero attached hydrogens (tertiary/aromatic N) is 2. The monoisotopic (exact) mass is 228 g/mol. The van der Waals surface area contributed by atoms with Crippen LogP contribution in [0.25, 0.3) is 0 Å². The molecule has 0 saturated carbocycles. The normalized spacial score (nSPS) is 23.1. The van der Waals surface area contributed by atoms with Crippen molar-refractivity contribution in [2.45, 2.75) is 18.8 Å². The van der Waals surface area contributed by atoms with E-state index in [4.69, 9.17) is 0 Å². The quantitative estimate of drug-likeness (QED) is 0.797. The summed E-state index contributed by atoms with van der Waals surface area (Å²) >= 11 is 6.04. The summed E-state index contributed by atoms with van der Waals surface area (Å²) in [5, 5.41) is 3.51. The molecule has 0 N–H and O–H groups in total. The van der Waals surface area contributed by atoms with Crippen LogP contribution >= 0.6 is 24.0 Å². The first kappa shape index (κ1) is 10.5. The van der Waals surface area contributed by atoms with Crippen LogP contribution in [-0.2, 0) is 6.42 Å². The lowest BCUT2D eigenvalue weighted by Gasteiger charge is -2.06. The van der Waals surface area contributed by atoms with E-state index in [0.29, 0.717) is 5.92 Å². The van der Waals surface area contributed by atoms with Crippen molar-refractivity contribution in [3.05, 3.63) is 16.1 Å². The Hall–Kier alpha value is -0.0600. The predicted molar refractivity (Wildman–Crippen MR) is 64.5 cm³/mol. The number of aryl methyl sites for hydroxylation is 1. The van der Waals surface area contributed by atoms with Gasteiger partial charge in [0.15, 0.2) is 0 Å². The standard InChI is InChI=1S/C10H16N2S2/c1-12-4-2-8(6-12)10-11-9(3-5-13)7-14-10/h7-8,13H,2-6H2,1H3. The first-order valence-corrected chi connectivity index (χ1v) is 6.54. The molecule has 0 aliphatic carbocycles. The van der Waals surface area contributed by atoms with Gasteiger partial charge in [-0.25, -0.2) is 4.98 Å². The molecule has 2 nitrogen and oxygen atoms in total. The second-order valence-corrected chi connectivity index (χ2v) is 5.24. The zero-order chi connectivity index (χ0) is 9.97. The van der Waals surface area contributed by atoms with Gasteiger partial charge in [-0.3, -0.25) is 0 Å². The van der Waals surface area contributed by atoms with Crippen molar-refractivity contribution in [3.63, 3.8) is 0 Å². The second-order valence-electron chi connectivity index (χ2n) is 3.90. The number of rotatable bonds is 3. The van der Waals surface area contributed by atoms with E-state index in [1.54, 1.807) is 0 Å². The van der Waals surface area contributed by atoms with Crippen LogP contribution in [-0.4, -0.2) is 35.8 Å². The summed E-state index contributed by atoms with van der Waals surface area (Å²) in [5.41, 5.74) is 1.22. The topological polar surface area (TPSA) is 16.1 Å². The van der Waals surface area contributed by atoms with Crippen LogP contribution in [0.4, 0.5) is 0 Å². The molecule has 4 heteroatoms. The maximum absolute atomic E-state index is 4.66. The van der Waals surface area contributed by atoms with Crippen LogP contribution in [0.2, 0.25) is 0 Å². The van der Waals surface area contributed by atoms with Crippen molar-refractivity contribution in [1.29, 1.82) is 0 Å². The summed E-state index contributed by atoms with van der Waals surface area (Å²) in [6.45, 7) is 2.39. The third-order valence-corrected chi connectivity index (χ3v) is 3.96. The lowest BCUT2D eigenvalue weighted by atomic mass is 10.1. The van der Waals surface area contributed by atoms with E-state index >= 15 is 0 Å². The fourth-order valence-corrected chi connectivity index (χ4v) is 3.09. The zero-order valence-electron chi connectivity index (χ0n) is 8.44.